The Kier molecular flexibility index (Phi) is 2.61. The lowest BCUT2D eigenvalue weighted by Gasteiger charge is -1.96. The van der Waals surface area contributed by atoms with Gasteiger partial charge in [-0.3, -0.25) is 4.79 Å². The van der Waals surface area contributed by atoms with E-state index in [1.54, 1.807) is 24.5 Å². The summed E-state index contributed by atoms with van der Waals surface area (Å²) in [6.45, 7) is 0. The van der Waals surface area contributed by atoms with Gasteiger partial charge in [-0.05, 0) is 25.0 Å². The van der Waals surface area contributed by atoms with Gasteiger partial charge in [-0.1, -0.05) is 11.3 Å². The normalized spacial score (nSPS) is 14.2. The maximum atomic E-state index is 11.6. The van der Waals surface area contributed by atoms with E-state index in [-0.39, 0.29) is 11.8 Å². The van der Waals surface area contributed by atoms with Gasteiger partial charge < -0.3 is 10.1 Å². The summed E-state index contributed by atoms with van der Waals surface area (Å²) in [5.41, 5.74) is 0.788. The number of nitriles is 1. The summed E-state index contributed by atoms with van der Waals surface area (Å²) in [6.07, 6.45) is 3.56. The van der Waals surface area contributed by atoms with Gasteiger partial charge >= 0.3 is 0 Å². The van der Waals surface area contributed by atoms with E-state index in [0.717, 1.165) is 23.1 Å². The van der Waals surface area contributed by atoms with Crippen molar-refractivity contribution >= 4 is 32.6 Å². The van der Waals surface area contributed by atoms with Crippen molar-refractivity contribution in [3.8, 4) is 12.0 Å². The van der Waals surface area contributed by atoms with Crippen molar-refractivity contribution in [3.63, 3.8) is 0 Å². The molecule has 0 radical (unpaired) electrons. The van der Waals surface area contributed by atoms with Crippen LogP contribution in [-0.2, 0) is 4.79 Å². The topological polar surface area (TPSA) is 75.0 Å². The van der Waals surface area contributed by atoms with Crippen molar-refractivity contribution in [2.75, 3.05) is 5.32 Å². The Labute approximate surface area is 107 Å². The van der Waals surface area contributed by atoms with Crippen molar-refractivity contribution < 1.29 is 9.53 Å². The van der Waals surface area contributed by atoms with Crippen LogP contribution >= 0.6 is 11.3 Å². The van der Waals surface area contributed by atoms with Gasteiger partial charge in [0.25, 0.3) is 6.26 Å². The number of carbonyl (C=O) groups is 1. The molecule has 6 heteroatoms. The monoisotopic (exact) mass is 259 g/mol. The fraction of sp³-hybridized carbons (Fsp3) is 0.250. The number of rotatable bonds is 3. The Morgan fingerprint density at radius 2 is 2.39 bits per heavy atom. The summed E-state index contributed by atoms with van der Waals surface area (Å²) in [5, 5.41) is 11.8. The minimum Gasteiger partial charge on any atom is -0.388 e. The predicted octanol–water partition coefficient (Wildman–Crippen LogP) is 2.50. The highest BCUT2D eigenvalue weighted by atomic mass is 32.1. The minimum absolute atomic E-state index is 0.0440. The van der Waals surface area contributed by atoms with Gasteiger partial charge in [-0.2, -0.15) is 0 Å². The smallest absolute Gasteiger partial charge is 0.292 e. The Morgan fingerprint density at radius 3 is 3.11 bits per heavy atom. The first-order valence-electron chi connectivity index (χ1n) is 5.53. The fourth-order valence-corrected chi connectivity index (χ4v) is 2.52. The van der Waals surface area contributed by atoms with Gasteiger partial charge in [-0.15, -0.1) is 5.26 Å². The molecule has 0 unspecified atom stereocenters. The van der Waals surface area contributed by atoms with E-state index in [2.05, 4.69) is 10.3 Å². The molecule has 0 saturated heterocycles. The van der Waals surface area contributed by atoms with Crippen LogP contribution in [0.25, 0.3) is 10.2 Å². The zero-order valence-electron chi connectivity index (χ0n) is 9.34. The van der Waals surface area contributed by atoms with Crippen LogP contribution in [0.4, 0.5) is 5.13 Å². The maximum absolute atomic E-state index is 11.6. The fourth-order valence-electron chi connectivity index (χ4n) is 1.63. The summed E-state index contributed by atoms with van der Waals surface area (Å²) >= 11 is 1.38. The number of nitrogens with one attached hydrogen (secondary N) is 1. The third kappa shape index (κ3) is 2.13. The first kappa shape index (κ1) is 11.0. The molecule has 1 aliphatic rings. The van der Waals surface area contributed by atoms with Gasteiger partial charge in [0.05, 0.1) is 10.2 Å². The maximum Gasteiger partial charge on any atom is 0.292 e. The molecule has 3 rings (SSSR count). The molecule has 1 saturated carbocycles. The van der Waals surface area contributed by atoms with Crippen LogP contribution in [0, 0.1) is 17.4 Å². The van der Waals surface area contributed by atoms with E-state index in [4.69, 9.17) is 10.00 Å². The summed E-state index contributed by atoms with van der Waals surface area (Å²) in [7, 11) is 0. The molecule has 1 fully saturated rings. The highest BCUT2D eigenvalue weighted by molar-refractivity contribution is 7.22. The van der Waals surface area contributed by atoms with Crippen molar-refractivity contribution in [2.24, 2.45) is 5.92 Å². The number of ether oxygens (including phenoxy) is 1. The molecule has 1 heterocycles. The van der Waals surface area contributed by atoms with E-state index in [0.29, 0.717) is 10.9 Å². The number of fused-ring (bicyclic) bond motifs is 1. The highest BCUT2D eigenvalue weighted by Crippen LogP contribution is 2.33. The molecular weight excluding hydrogens is 250 g/mol. The number of aromatic nitrogens is 1. The van der Waals surface area contributed by atoms with Crippen molar-refractivity contribution in [1.29, 1.82) is 5.26 Å². The van der Waals surface area contributed by atoms with Gasteiger partial charge in [0, 0.05) is 12.0 Å². The van der Waals surface area contributed by atoms with Gasteiger partial charge in [0.1, 0.15) is 5.75 Å². The molecule has 0 atom stereocenters. The Bertz CT molecular complexity index is 655. The molecule has 5 nitrogen and oxygen atoms in total. The lowest BCUT2D eigenvalue weighted by atomic mass is 10.3. The summed E-state index contributed by atoms with van der Waals surface area (Å²) < 4.78 is 5.63. The van der Waals surface area contributed by atoms with E-state index in [9.17, 15) is 4.79 Å². The Balaban J connectivity index is 1.85. The number of hydrogen-bond donors (Lipinski definition) is 1. The van der Waals surface area contributed by atoms with E-state index in [1.807, 2.05) is 0 Å². The zero-order chi connectivity index (χ0) is 12.5. The van der Waals surface area contributed by atoms with Gasteiger partial charge in [0.15, 0.2) is 5.13 Å². The molecule has 0 aliphatic heterocycles. The minimum atomic E-state index is 0.0440. The molecule has 1 N–H and O–H groups in total. The van der Waals surface area contributed by atoms with Gasteiger partial charge in [0.2, 0.25) is 5.91 Å². The number of anilines is 1. The number of benzene rings is 1. The molecule has 0 spiro atoms. The first-order chi connectivity index (χ1) is 8.76. The molecule has 18 heavy (non-hydrogen) atoms. The second-order valence-corrected chi connectivity index (χ2v) is 5.14. The van der Waals surface area contributed by atoms with E-state index >= 15 is 0 Å². The van der Waals surface area contributed by atoms with Crippen molar-refractivity contribution in [1.82, 2.24) is 4.98 Å². The molecule has 0 bridgehead atoms. The van der Waals surface area contributed by atoms with E-state index < -0.39 is 0 Å². The predicted molar refractivity (Wildman–Crippen MR) is 67.2 cm³/mol. The average molecular weight is 259 g/mol. The lowest BCUT2D eigenvalue weighted by molar-refractivity contribution is -0.117. The van der Waals surface area contributed by atoms with Crippen LogP contribution in [0.15, 0.2) is 18.2 Å². The first-order valence-corrected chi connectivity index (χ1v) is 6.35. The van der Waals surface area contributed by atoms with Crippen LogP contribution in [0.1, 0.15) is 12.8 Å². The van der Waals surface area contributed by atoms with Crippen LogP contribution < -0.4 is 10.1 Å². The molecule has 1 aliphatic carbocycles. The van der Waals surface area contributed by atoms with Crippen LogP contribution in [0.2, 0.25) is 0 Å². The third-order valence-corrected chi connectivity index (χ3v) is 3.64. The molecular formula is C12H9N3O2S. The van der Waals surface area contributed by atoms with Crippen LogP contribution in [0.5, 0.6) is 5.75 Å². The number of amides is 1. The summed E-state index contributed by atoms with van der Waals surface area (Å²) in [6, 6.07) is 5.19. The van der Waals surface area contributed by atoms with Crippen molar-refractivity contribution in [2.45, 2.75) is 12.8 Å². The number of thiazole rings is 1. The molecule has 1 amide bonds. The van der Waals surface area contributed by atoms with Crippen LogP contribution in [-0.4, -0.2) is 10.9 Å². The van der Waals surface area contributed by atoms with Gasteiger partial charge in [-0.25, -0.2) is 4.98 Å². The second kappa shape index (κ2) is 4.27. The average Bonchev–Trinajstić information content (AvgIpc) is 3.11. The second-order valence-electron chi connectivity index (χ2n) is 4.11. The quantitative estimate of drug-likeness (QED) is 0.859. The number of nitrogens with zero attached hydrogens (tertiary/aromatic N) is 2. The molecule has 90 valence electrons. The number of carbonyl (C=O) groups excluding carboxylic acids is 1. The standard InChI is InChI=1S/C12H9N3O2S/c13-6-17-8-3-4-9-10(5-8)18-12(14-9)15-11(16)7-1-2-7/h3-5,7H,1-2H2,(H,14,15,16). The lowest BCUT2D eigenvalue weighted by Crippen LogP contribution is -2.12. The largest absolute Gasteiger partial charge is 0.388 e. The molecule has 1 aromatic heterocycles. The Morgan fingerprint density at radius 1 is 1.56 bits per heavy atom. The zero-order valence-corrected chi connectivity index (χ0v) is 10.2. The summed E-state index contributed by atoms with van der Waals surface area (Å²) in [5.74, 6) is 0.686. The highest BCUT2D eigenvalue weighted by Gasteiger charge is 2.30. The summed E-state index contributed by atoms with van der Waals surface area (Å²) in [4.78, 5) is 15.9. The van der Waals surface area contributed by atoms with Crippen molar-refractivity contribution in [3.05, 3.63) is 18.2 Å². The SMILES string of the molecule is N#COc1ccc2nc(NC(=O)C3CC3)sc2c1. The Hall–Kier alpha value is -2.13. The van der Waals surface area contributed by atoms with E-state index in [1.165, 1.54) is 11.3 Å². The number of hydrogen-bond acceptors (Lipinski definition) is 5. The van der Waals surface area contributed by atoms with Crippen LogP contribution in [0.3, 0.4) is 0 Å². The molecule has 2 aromatic rings. The third-order valence-electron chi connectivity index (χ3n) is 2.70. The molecule has 1 aromatic carbocycles.